The number of benzene rings is 2. The SMILES string of the molecule is O=C(NCCSCc1ccccc1Cl)[C@H]1CCCN(S(=O)(=O)Cc2c(Cl)cccc2Cl)C1. The molecule has 2 aromatic rings. The molecule has 1 fully saturated rings. The highest BCUT2D eigenvalue weighted by molar-refractivity contribution is 7.98. The summed E-state index contributed by atoms with van der Waals surface area (Å²) in [4.78, 5) is 12.6. The lowest BCUT2D eigenvalue weighted by molar-refractivity contribution is -0.125. The second-order valence-corrected chi connectivity index (χ2v) is 11.9. The molecule has 0 bridgehead atoms. The largest absolute Gasteiger partial charge is 0.355 e. The smallest absolute Gasteiger partial charge is 0.224 e. The molecule has 1 aliphatic rings. The highest BCUT2D eigenvalue weighted by Gasteiger charge is 2.33. The first-order valence-corrected chi connectivity index (χ1v) is 14.2. The molecule has 1 heterocycles. The maximum atomic E-state index is 13.0. The number of nitrogens with one attached hydrogen (secondary N) is 1. The van der Waals surface area contributed by atoms with Gasteiger partial charge in [0.25, 0.3) is 0 Å². The molecule has 2 aromatic carbocycles. The minimum Gasteiger partial charge on any atom is -0.355 e. The van der Waals surface area contributed by atoms with Gasteiger partial charge in [-0.25, -0.2) is 12.7 Å². The number of carbonyl (C=O) groups excluding carboxylic acids is 1. The predicted molar refractivity (Wildman–Crippen MR) is 134 cm³/mol. The first-order valence-electron chi connectivity index (χ1n) is 10.3. The van der Waals surface area contributed by atoms with E-state index in [0.29, 0.717) is 41.5 Å². The van der Waals surface area contributed by atoms with Crippen molar-refractivity contribution in [3.8, 4) is 0 Å². The van der Waals surface area contributed by atoms with Crippen molar-refractivity contribution < 1.29 is 13.2 Å². The Hall–Kier alpha value is -0.960. The molecule has 1 saturated heterocycles. The molecule has 1 atom stereocenters. The summed E-state index contributed by atoms with van der Waals surface area (Å²) >= 11 is 20.1. The van der Waals surface area contributed by atoms with Gasteiger partial charge in [0.2, 0.25) is 15.9 Å². The van der Waals surface area contributed by atoms with Crippen LogP contribution in [-0.2, 0) is 26.3 Å². The van der Waals surface area contributed by atoms with E-state index < -0.39 is 10.0 Å². The van der Waals surface area contributed by atoms with Crippen LogP contribution in [0.4, 0.5) is 0 Å². The van der Waals surface area contributed by atoms with Gasteiger partial charge in [-0.2, -0.15) is 11.8 Å². The molecule has 1 N–H and O–H groups in total. The number of amides is 1. The molecule has 0 spiro atoms. The summed E-state index contributed by atoms with van der Waals surface area (Å²) in [6.07, 6.45) is 1.30. The standard InChI is InChI=1S/C22H25Cl3N2O3S2/c23-19-7-2-1-5-17(19)14-31-12-10-26-22(28)16-6-4-11-27(13-16)32(29,30)15-18-20(24)8-3-9-21(18)25/h1-3,5,7-9,16H,4,6,10-15H2,(H,26,28)/t16-/m0/s1. The van der Waals surface area contributed by atoms with Crippen molar-refractivity contribution in [2.45, 2.75) is 24.3 Å². The van der Waals surface area contributed by atoms with E-state index in [2.05, 4.69) is 5.32 Å². The van der Waals surface area contributed by atoms with E-state index in [1.807, 2.05) is 24.3 Å². The summed E-state index contributed by atoms with van der Waals surface area (Å²) in [6, 6.07) is 12.6. The van der Waals surface area contributed by atoms with Gasteiger partial charge in [0.15, 0.2) is 0 Å². The topological polar surface area (TPSA) is 66.5 Å². The Bertz CT molecular complexity index is 1030. The molecule has 0 saturated carbocycles. The van der Waals surface area contributed by atoms with E-state index in [9.17, 15) is 13.2 Å². The van der Waals surface area contributed by atoms with Gasteiger partial charge in [-0.3, -0.25) is 4.79 Å². The third-order valence-electron chi connectivity index (χ3n) is 5.30. The van der Waals surface area contributed by atoms with E-state index >= 15 is 0 Å². The van der Waals surface area contributed by atoms with Crippen molar-refractivity contribution in [2.75, 3.05) is 25.4 Å². The van der Waals surface area contributed by atoms with Crippen molar-refractivity contribution in [3.05, 3.63) is 68.7 Å². The molecule has 1 amide bonds. The summed E-state index contributed by atoms with van der Waals surface area (Å²) in [5, 5.41) is 4.32. The number of hydrogen-bond donors (Lipinski definition) is 1. The molecule has 0 radical (unpaired) electrons. The quantitative estimate of drug-likeness (QED) is 0.446. The van der Waals surface area contributed by atoms with Gasteiger partial charge >= 0.3 is 0 Å². The van der Waals surface area contributed by atoms with E-state index in [1.165, 1.54) is 4.31 Å². The first kappa shape index (κ1) is 25.7. The minimum atomic E-state index is -3.64. The van der Waals surface area contributed by atoms with E-state index in [4.69, 9.17) is 34.8 Å². The number of piperidine rings is 1. The monoisotopic (exact) mass is 534 g/mol. The molecule has 0 unspecified atom stereocenters. The molecule has 0 aliphatic carbocycles. The maximum Gasteiger partial charge on any atom is 0.224 e. The first-order chi connectivity index (χ1) is 15.3. The van der Waals surface area contributed by atoms with Gasteiger partial charge in [0.1, 0.15) is 0 Å². The molecular formula is C22H25Cl3N2O3S2. The maximum absolute atomic E-state index is 13.0. The fourth-order valence-corrected chi connectivity index (χ4v) is 7.05. The number of carbonyl (C=O) groups is 1. The summed E-state index contributed by atoms with van der Waals surface area (Å²) in [5.41, 5.74) is 1.45. The lowest BCUT2D eigenvalue weighted by atomic mass is 9.99. The van der Waals surface area contributed by atoms with Crippen molar-refractivity contribution in [2.24, 2.45) is 5.92 Å². The Balaban J connectivity index is 1.48. The average Bonchev–Trinajstić information content (AvgIpc) is 2.77. The van der Waals surface area contributed by atoms with Crippen LogP contribution in [0.5, 0.6) is 0 Å². The molecule has 32 heavy (non-hydrogen) atoms. The molecule has 174 valence electrons. The number of sulfonamides is 1. The van der Waals surface area contributed by atoms with Gasteiger partial charge in [-0.1, -0.05) is 59.1 Å². The third kappa shape index (κ3) is 7.02. The number of rotatable bonds is 9. The van der Waals surface area contributed by atoms with Gasteiger partial charge in [0.05, 0.1) is 11.7 Å². The molecular weight excluding hydrogens is 511 g/mol. The Labute approximate surface area is 208 Å². The van der Waals surface area contributed by atoms with Gasteiger partial charge in [-0.15, -0.1) is 0 Å². The highest BCUT2D eigenvalue weighted by Crippen LogP contribution is 2.29. The minimum absolute atomic E-state index is 0.112. The number of hydrogen-bond acceptors (Lipinski definition) is 4. The fraction of sp³-hybridized carbons (Fsp3) is 0.409. The van der Waals surface area contributed by atoms with E-state index in [-0.39, 0.29) is 24.1 Å². The zero-order chi connectivity index (χ0) is 23.1. The van der Waals surface area contributed by atoms with Crippen LogP contribution >= 0.6 is 46.6 Å². The van der Waals surface area contributed by atoms with Gasteiger partial charge in [0, 0.05) is 51.8 Å². The van der Waals surface area contributed by atoms with Crippen LogP contribution in [-0.4, -0.2) is 44.0 Å². The Kier molecular flexibility index (Phi) is 9.58. The highest BCUT2D eigenvalue weighted by atomic mass is 35.5. The van der Waals surface area contributed by atoms with Gasteiger partial charge in [-0.05, 0) is 36.6 Å². The van der Waals surface area contributed by atoms with Crippen molar-refractivity contribution in [1.82, 2.24) is 9.62 Å². The second kappa shape index (κ2) is 12.0. The summed E-state index contributed by atoms with van der Waals surface area (Å²) in [6.45, 7) is 1.08. The second-order valence-electron chi connectivity index (χ2n) is 7.59. The third-order valence-corrected chi connectivity index (χ3v) is 9.15. The average molecular weight is 536 g/mol. The number of halogens is 3. The Morgan fingerprint density at radius 1 is 1.06 bits per heavy atom. The van der Waals surface area contributed by atoms with E-state index in [0.717, 1.165) is 22.1 Å². The van der Waals surface area contributed by atoms with Crippen molar-refractivity contribution in [1.29, 1.82) is 0 Å². The molecule has 1 aliphatic heterocycles. The van der Waals surface area contributed by atoms with Crippen LogP contribution in [0, 0.1) is 5.92 Å². The number of nitrogens with zero attached hydrogens (tertiary/aromatic N) is 1. The lowest BCUT2D eigenvalue weighted by Gasteiger charge is -2.31. The normalized spacial score (nSPS) is 17.3. The predicted octanol–water partition coefficient (Wildman–Crippen LogP) is 5.24. The molecule has 10 heteroatoms. The van der Waals surface area contributed by atoms with Crippen LogP contribution in [0.3, 0.4) is 0 Å². The zero-order valence-corrected chi connectivity index (χ0v) is 21.3. The van der Waals surface area contributed by atoms with Crippen molar-refractivity contribution in [3.63, 3.8) is 0 Å². The summed E-state index contributed by atoms with van der Waals surface area (Å²) < 4.78 is 27.3. The summed E-state index contributed by atoms with van der Waals surface area (Å²) in [7, 11) is -3.64. The van der Waals surface area contributed by atoms with E-state index in [1.54, 1.807) is 30.0 Å². The van der Waals surface area contributed by atoms with Gasteiger partial charge < -0.3 is 5.32 Å². The Morgan fingerprint density at radius 2 is 1.75 bits per heavy atom. The molecule has 5 nitrogen and oxygen atoms in total. The molecule has 0 aromatic heterocycles. The van der Waals surface area contributed by atoms with Crippen molar-refractivity contribution >= 4 is 62.5 Å². The van der Waals surface area contributed by atoms with Crippen LogP contribution in [0.1, 0.15) is 24.0 Å². The molecule has 3 rings (SSSR count). The Morgan fingerprint density at radius 3 is 2.47 bits per heavy atom. The van der Waals surface area contributed by atoms with Crippen LogP contribution in [0.15, 0.2) is 42.5 Å². The van der Waals surface area contributed by atoms with Crippen LogP contribution in [0.2, 0.25) is 15.1 Å². The lowest BCUT2D eigenvalue weighted by Crippen LogP contribution is -2.46. The zero-order valence-electron chi connectivity index (χ0n) is 17.4. The number of thioether (sulfide) groups is 1. The fourth-order valence-electron chi connectivity index (χ4n) is 3.54. The van der Waals surface area contributed by atoms with Crippen LogP contribution in [0.25, 0.3) is 0 Å². The summed E-state index contributed by atoms with van der Waals surface area (Å²) in [5.74, 6) is 0.762. The van der Waals surface area contributed by atoms with Crippen LogP contribution < -0.4 is 5.32 Å².